The molecule has 2 aromatic rings. The molecule has 7 heteroatoms. The van der Waals surface area contributed by atoms with Crippen molar-refractivity contribution in [2.45, 2.75) is 0 Å². The van der Waals surface area contributed by atoms with Crippen LogP contribution in [-0.2, 0) is 0 Å². The van der Waals surface area contributed by atoms with Crippen LogP contribution in [0.1, 0.15) is 20.7 Å². The largest absolute Gasteiger partial charge is 0.495 e. The van der Waals surface area contributed by atoms with Crippen molar-refractivity contribution in [2.75, 3.05) is 34.2 Å². The van der Waals surface area contributed by atoms with Crippen LogP contribution >= 0.6 is 0 Å². The molecule has 0 aliphatic rings. The molecule has 0 aromatic heterocycles. The summed E-state index contributed by atoms with van der Waals surface area (Å²) in [5.41, 5.74) is 6.35. The van der Waals surface area contributed by atoms with Crippen LogP contribution in [0.4, 0.5) is 5.69 Å². The zero-order valence-corrected chi connectivity index (χ0v) is 14.4. The summed E-state index contributed by atoms with van der Waals surface area (Å²) in [7, 11) is 5.77. The molecular formula is C18H19NO6. The van der Waals surface area contributed by atoms with Crippen LogP contribution in [0.25, 0.3) is 0 Å². The number of nitrogens with two attached hydrogens (primary N) is 1. The van der Waals surface area contributed by atoms with E-state index in [0.29, 0.717) is 11.5 Å². The number of hydrogen-bond acceptors (Lipinski definition) is 7. The molecule has 0 amide bonds. The lowest BCUT2D eigenvalue weighted by molar-refractivity contribution is 0.0816. The molecule has 0 unspecified atom stereocenters. The summed E-state index contributed by atoms with van der Waals surface area (Å²) in [6, 6.07) is 7.26. The number of carbonyl (C=O) groups excluding carboxylic acids is 2. The Balaban J connectivity index is 2.43. The topological polar surface area (TPSA) is 97.1 Å². The van der Waals surface area contributed by atoms with E-state index in [9.17, 15) is 9.59 Å². The highest BCUT2D eigenvalue weighted by Gasteiger charge is 2.23. The Morgan fingerprint density at radius 3 is 1.68 bits per heavy atom. The van der Waals surface area contributed by atoms with E-state index in [1.807, 2.05) is 0 Å². The second-order valence-corrected chi connectivity index (χ2v) is 5.03. The molecule has 0 spiro atoms. The summed E-state index contributed by atoms with van der Waals surface area (Å²) in [5.74, 6) is -0.0913. The number of nitrogen functional groups attached to an aromatic ring is 1. The standard InChI is InChI=1S/C18H19NO6/c1-22-13-6-5-10(7-12(13)19)16(20)17(21)11-8-14(23-2)18(25-4)15(9-11)24-3/h5-9H,19H2,1-4H3. The molecule has 2 aromatic carbocycles. The van der Waals surface area contributed by atoms with Gasteiger partial charge in [-0.1, -0.05) is 0 Å². The van der Waals surface area contributed by atoms with E-state index in [4.69, 9.17) is 24.7 Å². The maximum atomic E-state index is 12.6. The summed E-state index contributed by atoms with van der Waals surface area (Å²) < 4.78 is 20.6. The molecular weight excluding hydrogens is 326 g/mol. The highest BCUT2D eigenvalue weighted by atomic mass is 16.5. The van der Waals surface area contributed by atoms with Crippen molar-refractivity contribution in [3.63, 3.8) is 0 Å². The Morgan fingerprint density at radius 1 is 0.720 bits per heavy atom. The van der Waals surface area contributed by atoms with Gasteiger partial charge >= 0.3 is 0 Å². The predicted octanol–water partition coefficient (Wildman–Crippen LogP) is 2.37. The van der Waals surface area contributed by atoms with Gasteiger partial charge in [0.1, 0.15) is 5.75 Å². The number of ketones is 2. The molecule has 0 aliphatic heterocycles. The number of hydrogen-bond donors (Lipinski definition) is 1. The highest BCUT2D eigenvalue weighted by molar-refractivity contribution is 6.49. The fraction of sp³-hybridized carbons (Fsp3) is 0.222. The lowest BCUT2D eigenvalue weighted by atomic mass is 10.00. The third-order valence-corrected chi connectivity index (χ3v) is 3.63. The zero-order valence-electron chi connectivity index (χ0n) is 14.4. The van der Waals surface area contributed by atoms with Gasteiger partial charge in [0.25, 0.3) is 0 Å². The van der Waals surface area contributed by atoms with Crippen molar-refractivity contribution in [3.05, 3.63) is 41.5 Å². The van der Waals surface area contributed by atoms with Crippen molar-refractivity contribution >= 4 is 17.3 Å². The minimum atomic E-state index is -0.719. The third kappa shape index (κ3) is 3.50. The number of rotatable bonds is 7. The van der Waals surface area contributed by atoms with E-state index >= 15 is 0 Å². The Labute approximate surface area is 145 Å². The third-order valence-electron chi connectivity index (χ3n) is 3.63. The second kappa shape index (κ2) is 7.57. The molecule has 0 fully saturated rings. The number of Topliss-reactive ketones (excluding diaryl/α,β-unsaturated/α-hetero) is 2. The van der Waals surface area contributed by atoms with Crippen LogP contribution in [0.2, 0.25) is 0 Å². The first-order valence-electron chi connectivity index (χ1n) is 7.29. The van der Waals surface area contributed by atoms with Gasteiger partial charge in [-0.05, 0) is 30.3 Å². The number of carbonyl (C=O) groups is 2. The number of ether oxygens (including phenoxy) is 4. The van der Waals surface area contributed by atoms with Gasteiger partial charge < -0.3 is 24.7 Å². The smallest absolute Gasteiger partial charge is 0.233 e. The van der Waals surface area contributed by atoms with Crippen LogP contribution in [0.5, 0.6) is 23.0 Å². The van der Waals surface area contributed by atoms with E-state index in [2.05, 4.69) is 0 Å². The van der Waals surface area contributed by atoms with Gasteiger partial charge in [-0.15, -0.1) is 0 Å². The first-order valence-corrected chi connectivity index (χ1v) is 7.29. The van der Waals surface area contributed by atoms with E-state index in [1.54, 1.807) is 0 Å². The quantitative estimate of drug-likeness (QED) is 0.467. The SMILES string of the molecule is COc1ccc(C(=O)C(=O)c2cc(OC)c(OC)c(OC)c2)cc1N. The molecule has 0 saturated heterocycles. The van der Waals surface area contributed by atoms with Gasteiger partial charge in [-0.2, -0.15) is 0 Å². The molecule has 0 atom stereocenters. The van der Waals surface area contributed by atoms with Gasteiger partial charge in [-0.3, -0.25) is 9.59 Å². The van der Waals surface area contributed by atoms with Crippen LogP contribution in [0.3, 0.4) is 0 Å². The molecule has 0 saturated carbocycles. The number of anilines is 1. The summed E-state index contributed by atoms with van der Waals surface area (Å²) in [4.78, 5) is 25.1. The lowest BCUT2D eigenvalue weighted by Gasteiger charge is -2.13. The van der Waals surface area contributed by atoms with Gasteiger partial charge in [0, 0.05) is 11.1 Å². The van der Waals surface area contributed by atoms with Crippen molar-refractivity contribution in [1.29, 1.82) is 0 Å². The van der Waals surface area contributed by atoms with Crippen molar-refractivity contribution in [3.8, 4) is 23.0 Å². The highest BCUT2D eigenvalue weighted by Crippen LogP contribution is 2.38. The molecule has 0 heterocycles. The zero-order chi connectivity index (χ0) is 18.6. The van der Waals surface area contributed by atoms with Crippen molar-refractivity contribution < 1.29 is 28.5 Å². The molecule has 0 bridgehead atoms. The van der Waals surface area contributed by atoms with Crippen LogP contribution in [0.15, 0.2) is 30.3 Å². The maximum absolute atomic E-state index is 12.6. The van der Waals surface area contributed by atoms with Crippen LogP contribution in [-0.4, -0.2) is 40.0 Å². The molecule has 25 heavy (non-hydrogen) atoms. The first kappa shape index (κ1) is 18.1. The lowest BCUT2D eigenvalue weighted by Crippen LogP contribution is -2.15. The van der Waals surface area contributed by atoms with Crippen molar-refractivity contribution in [2.24, 2.45) is 0 Å². The monoisotopic (exact) mass is 345 g/mol. The van der Waals surface area contributed by atoms with Crippen LogP contribution in [0, 0.1) is 0 Å². The average Bonchev–Trinajstić information content (AvgIpc) is 2.65. The van der Waals surface area contributed by atoms with E-state index in [-0.39, 0.29) is 28.3 Å². The second-order valence-electron chi connectivity index (χ2n) is 5.03. The Hall–Kier alpha value is -3.22. The molecule has 2 rings (SSSR count). The molecule has 2 N–H and O–H groups in total. The molecule has 0 aliphatic carbocycles. The van der Waals surface area contributed by atoms with Crippen molar-refractivity contribution in [1.82, 2.24) is 0 Å². The fourth-order valence-electron chi connectivity index (χ4n) is 2.35. The van der Waals surface area contributed by atoms with Gasteiger partial charge in [0.15, 0.2) is 11.5 Å². The van der Waals surface area contributed by atoms with E-state index < -0.39 is 11.6 Å². The number of benzene rings is 2. The van der Waals surface area contributed by atoms with Gasteiger partial charge in [0.2, 0.25) is 17.3 Å². The summed E-state index contributed by atoms with van der Waals surface area (Å²) in [6.07, 6.45) is 0. The minimum Gasteiger partial charge on any atom is -0.495 e. The average molecular weight is 345 g/mol. The van der Waals surface area contributed by atoms with Crippen LogP contribution < -0.4 is 24.7 Å². The molecule has 132 valence electrons. The van der Waals surface area contributed by atoms with Gasteiger partial charge in [0.05, 0.1) is 34.1 Å². The van der Waals surface area contributed by atoms with E-state index in [0.717, 1.165) is 0 Å². The summed E-state index contributed by atoms with van der Waals surface area (Å²) in [5, 5.41) is 0. The first-order chi connectivity index (χ1) is 12.0. The predicted molar refractivity (Wildman–Crippen MR) is 92.2 cm³/mol. The summed E-state index contributed by atoms with van der Waals surface area (Å²) >= 11 is 0. The number of methoxy groups -OCH3 is 4. The van der Waals surface area contributed by atoms with Gasteiger partial charge in [-0.25, -0.2) is 0 Å². The molecule has 7 nitrogen and oxygen atoms in total. The fourth-order valence-corrected chi connectivity index (χ4v) is 2.35. The maximum Gasteiger partial charge on any atom is 0.233 e. The Kier molecular flexibility index (Phi) is 5.49. The minimum absolute atomic E-state index is 0.119. The molecule has 0 radical (unpaired) electrons. The Morgan fingerprint density at radius 2 is 1.24 bits per heavy atom. The van der Waals surface area contributed by atoms with E-state index in [1.165, 1.54) is 58.8 Å². The summed E-state index contributed by atoms with van der Waals surface area (Å²) in [6.45, 7) is 0. The normalized spacial score (nSPS) is 10.1. The Bertz CT molecular complexity index is 790.